The number of benzene rings is 2. The number of anilines is 1. The van der Waals surface area contributed by atoms with Crippen LogP contribution in [0, 0.1) is 0 Å². The molecule has 0 unspecified atom stereocenters. The maximum absolute atomic E-state index is 12.1. The summed E-state index contributed by atoms with van der Waals surface area (Å²) in [4.78, 5) is 24.2. The fraction of sp³-hybridized carbons (Fsp3) is 0.105. The lowest BCUT2D eigenvalue weighted by molar-refractivity contribution is 0.0945. The Morgan fingerprint density at radius 3 is 2.46 bits per heavy atom. The molecule has 2 amide bonds. The van der Waals surface area contributed by atoms with Gasteiger partial charge < -0.3 is 19.9 Å². The van der Waals surface area contributed by atoms with E-state index in [1.807, 2.05) is 18.2 Å². The topological polar surface area (TPSA) is 93.5 Å². The predicted molar refractivity (Wildman–Crippen MR) is 95.1 cm³/mol. The first kappa shape index (κ1) is 17.2. The van der Waals surface area contributed by atoms with E-state index in [0.717, 1.165) is 0 Å². The first-order valence-corrected chi connectivity index (χ1v) is 7.90. The Labute approximate surface area is 150 Å². The standard InChI is InChI=1S/C19H17N3O4/c1-25-15-9-7-13(8-10-15)18(23)20-12-16-11-17(22-26-16)19(24)21-14-5-3-2-4-6-14/h2-11H,12H2,1H3,(H,20,23)(H,21,24). The number of nitrogens with one attached hydrogen (secondary N) is 2. The Hall–Kier alpha value is -3.61. The largest absolute Gasteiger partial charge is 0.497 e. The molecular formula is C19H17N3O4. The van der Waals surface area contributed by atoms with E-state index < -0.39 is 0 Å². The third-order valence-electron chi connectivity index (χ3n) is 3.60. The number of methoxy groups -OCH3 is 1. The molecule has 1 aromatic heterocycles. The molecule has 0 aliphatic carbocycles. The van der Waals surface area contributed by atoms with Crippen molar-refractivity contribution >= 4 is 17.5 Å². The van der Waals surface area contributed by atoms with E-state index in [1.54, 1.807) is 43.5 Å². The smallest absolute Gasteiger partial charge is 0.277 e. The molecular weight excluding hydrogens is 334 g/mol. The molecule has 0 aliphatic rings. The zero-order valence-corrected chi connectivity index (χ0v) is 14.1. The number of hydrogen-bond acceptors (Lipinski definition) is 5. The summed E-state index contributed by atoms with van der Waals surface area (Å²) in [6.45, 7) is 0.122. The van der Waals surface area contributed by atoms with E-state index in [0.29, 0.717) is 22.8 Å². The highest BCUT2D eigenvalue weighted by molar-refractivity contribution is 6.02. The first-order valence-electron chi connectivity index (χ1n) is 7.90. The number of ether oxygens (including phenoxy) is 1. The molecule has 0 atom stereocenters. The summed E-state index contributed by atoms with van der Waals surface area (Å²) in [6.07, 6.45) is 0. The summed E-state index contributed by atoms with van der Waals surface area (Å²) in [5, 5.41) is 9.15. The SMILES string of the molecule is COc1ccc(C(=O)NCc2cc(C(=O)Nc3ccccc3)no2)cc1. The minimum atomic E-state index is -0.382. The molecule has 2 N–H and O–H groups in total. The van der Waals surface area contributed by atoms with E-state index >= 15 is 0 Å². The Kier molecular flexibility index (Phi) is 5.28. The molecule has 0 saturated heterocycles. The average Bonchev–Trinajstić information content (AvgIpc) is 3.16. The maximum atomic E-state index is 12.1. The van der Waals surface area contributed by atoms with Crippen LogP contribution in [0.1, 0.15) is 26.6 Å². The fourth-order valence-electron chi connectivity index (χ4n) is 2.23. The number of rotatable bonds is 6. The fourth-order valence-corrected chi connectivity index (χ4v) is 2.23. The molecule has 3 aromatic rings. The first-order chi connectivity index (χ1) is 12.7. The van der Waals surface area contributed by atoms with Crippen molar-refractivity contribution in [3.8, 4) is 5.75 Å². The Bertz CT molecular complexity index is 889. The van der Waals surface area contributed by atoms with Gasteiger partial charge in [-0.05, 0) is 36.4 Å². The van der Waals surface area contributed by atoms with Crippen molar-refractivity contribution in [2.45, 2.75) is 6.54 Å². The van der Waals surface area contributed by atoms with Gasteiger partial charge in [0.05, 0.1) is 13.7 Å². The summed E-state index contributed by atoms with van der Waals surface area (Å²) in [5.74, 6) is 0.406. The Morgan fingerprint density at radius 1 is 1.04 bits per heavy atom. The van der Waals surface area contributed by atoms with Crippen LogP contribution in [0.4, 0.5) is 5.69 Å². The summed E-state index contributed by atoms with van der Waals surface area (Å²) in [6, 6.07) is 17.3. The van der Waals surface area contributed by atoms with Crippen LogP contribution in [0.3, 0.4) is 0 Å². The molecule has 0 radical (unpaired) electrons. The van der Waals surface area contributed by atoms with Crippen LogP contribution in [0.15, 0.2) is 65.2 Å². The normalized spacial score (nSPS) is 10.2. The highest BCUT2D eigenvalue weighted by Crippen LogP contribution is 2.12. The molecule has 7 nitrogen and oxygen atoms in total. The van der Waals surface area contributed by atoms with Crippen LogP contribution in [0.5, 0.6) is 5.75 Å². The lowest BCUT2D eigenvalue weighted by Gasteiger charge is -2.04. The van der Waals surface area contributed by atoms with Crippen LogP contribution in [0.25, 0.3) is 0 Å². The van der Waals surface area contributed by atoms with Gasteiger partial charge in [-0.25, -0.2) is 0 Å². The zero-order chi connectivity index (χ0) is 18.4. The summed E-state index contributed by atoms with van der Waals surface area (Å²) in [7, 11) is 1.56. The van der Waals surface area contributed by atoms with Gasteiger partial charge in [-0.1, -0.05) is 23.4 Å². The van der Waals surface area contributed by atoms with Gasteiger partial charge in [-0.2, -0.15) is 0 Å². The highest BCUT2D eigenvalue weighted by Gasteiger charge is 2.14. The molecule has 0 aliphatic heterocycles. The second-order valence-corrected chi connectivity index (χ2v) is 5.41. The minimum absolute atomic E-state index is 0.122. The Morgan fingerprint density at radius 2 is 1.77 bits per heavy atom. The van der Waals surface area contributed by atoms with Crippen LogP contribution >= 0.6 is 0 Å². The van der Waals surface area contributed by atoms with Gasteiger partial charge in [-0.3, -0.25) is 9.59 Å². The zero-order valence-electron chi connectivity index (χ0n) is 14.1. The molecule has 1 heterocycles. The third-order valence-corrected chi connectivity index (χ3v) is 3.60. The van der Waals surface area contributed by atoms with E-state index in [-0.39, 0.29) is 24.1 Å². The Balaban J connectivity index is 1.56. The third kappa shape index (κ3) is 4.27. The van der Waals surface area contributed by atoms with Crippen molar-refractivity contribution in [2.75, 3.05) is 12.4 Å². The maximum Gasteiger partial charge on any atom is 0.277 e. The number of para-hydroxylation sites is 1. The van der Waals surface area contributed by atoms with Crippen molar-refractivity contribution in [3.05, 3.63) is 77.7 Å². The van der Waals surface area contributed by atoms with E-state index in [1.165, 1.54) is 6.07 Å². The lowest BCUT2D eigenvalue weighted by Crippen LogP contribution is -2.22. The molecule has 0 bridgehead atoms. The van der Waals surface area contributed by atoms with Crippen molar-refractivity contribution < 1.29 is 18.8 Å². The molecule has 132 valence electrons. The van der Waals surface area contributed by atoms with Crippen molar-refractivity contribution in [2.24, 2.45) is 0 Å². The van der Waals surface area contributed by atoms with Crippen LogP contribution in [0.2, 0.25) is 0 Å². The second kappa shape index (κ2) is 7.98. The van der Waals surface area contributed by atoms with Gasteiger partial charge >= 0.3 is 0 Å². The molecule has 0 saturated carbocycles. The van der Waals surface area contributed by atoms with Gasteiger partial charge in [0, 0.05) is 17.3 Å². The second-order valence-electron chi connectivity index (χ2n) is 5.41. The van der Waals surface area contributed by atoms with E-state index in [9.17, 15) is 9.59 Å². The number of nitrogens with zero attached hydrogens (tertiary/aromatic N) is 1. The van der Waals surface area contributed by atoms with Gasteiger partial charge in [0.1, 0.15) is 5.75 Å². The number of hydrogen-bond donors (Lipinski definition) is 2. The minimum Gasteiger partial charge on any atom is -0.497 e. The van der Waals surface area contributed by atoms with Crippen LogP contribution in [-0.2, 0) is 6.54 Å². The van der Waals surface area contributed by atoms with Crippen molar-refractivity contribution in [1.82, 2.24) is 10.5 Å². The number of amides is 2. The van der Waals surface area contributed by atoms with E-state index in [4.69, 9.17) is 9.26 Å². The quantitative estimate of drug-likeness (QED) is 0.712. The van der Waals surface area contributed by atoms with Crippen LogP contribution in [-0.4, -0.2) is 24.1 Å². The molecule has 0 spiro atoms. The summed E-state index contributed by atoms with van der Waals surface area (Å²) < 4.78 is 10.2. The van der Waals surface area contributed by atoms with Gasteiger partial charge in [0.2, 0.25) is 0 Å². The van der Waals surface area contributed by atoms with Gasteiger partial charge in [-0.15, -0.1) is 0 Å². The number of carbonyl (C=O) groups excluding carboxylic acids is 2. The molecule has 2 aromatic carbocycles. The van der Waals surface area contributed by atoms with Crippen LogP contribution < -0.4 is 15.4 Å². The summed E-state index contributed by atoms with van der Waals surface area (Å²) >= 11 is 0. The molecule has 7 heteroatoms. The van der Waals surface area contributed by atoms with Gasteiger partial charge in [0.15, 0.2) is 11.5 Å². The monoisotopic (exact) mass is 351 g/mol. The highest BCUT2D eigenvalue weighted by atomic mass is 16.5. The average molecular weight is 351 g/mol. The number of carbonyl (C=O) groups is 2. The van der Waals surface area contributed by atoms with E-state index in [2.05, 4.69) is 15.8 Å². The lowest BCUT2D eigenvalue weighted by atomic mass is 10.2. The molecule has 0 fully saturated rings. The van der Waals surface area contributed by atoms with Gasteiger partial charge in [0.25, 0.3) is 11.8 Å². The molecule has 26 heavy (non-hydrogen) atoms. The predicted octanol–water partition coefficient (Wildman–Crippen LogP) is 2.87. The summed E-state index contributed by atoms with van der Waals surface area (Å²) in [5.41, 5.74) is 1.30. The van der Waals surface area contributed by atoms with Crippen molar-refractivity contribution in [3.63, 3.8) is 0 Å². The number of aromatic nitrogens is 1. The van der Waals surface area contributed by atoms with Crippen molar-refractivity contribution in [1.29, 1.82) is 0 Å². The molecule has 3 rings (SSSR count).